The molecule has 0 amide bonds. The average Bonchev–Trinajstić information content (AvgIpc) is 2.88. The number of nitrogens with two attached hydrogens (primary N) is 1. The van der Waals surface area contributed by atoms with Crippen LogP contribution in [0.4, 0.5) is 0 Å². The third kappa shape index (κ3) is 3.49. The maximum absolute atomic E-state index is 11.7. The van der Waals surface area contributed by atoms with E-state index in [-0.39, 0.29) is 10.9 Å². The van der Waals surface area contributed by atoms with Crippen molar-refractivity contribution >= 4 is 9.84 Å². The summed E-state index contributed by atoms with van der Waals surface area (Å²) in [6, 6.07) is 6.40. The minimum Gasteiger partial charge on any atom is -0.333 e. The molecule has 0 saturated carbocycles. The van der Waals surface area contributed by atoms with Crippen LogP contribution in [-0.2, 0) is 16.4 Å². The Morgan fingerprint density at radius 3 is 2.81 bits per heavy atom. The van der Waals surface area contributed by atoms with Crippen LogP contribution < -0.4 is 11.3 Å². The standard InChI is InChI=1S/C14H20N4O2S/c1-3-8-18-9-7-16-14(18)13(17-15)11-5-4-6-12(10-11)21(2,19)20/h4-7,9-10,13,17H,3,8,15H2,1-2H3. The van der Waals surface area contributed by atoms with Crippen LogP contribution in [0.5, 0.6) is 0 Å². The molecule has 3 N–H and O–H groups in total. The van der Waals surface area contributed by atoms with Crippen LogP contribution in [0.1, 0.15) is 30.8 Å². The maximum Gasteiger partial charge on any atom is 0.175 e. The third-order valence-corrected chi connectivity index (χ3v) is 4.37. The van der Waals surface area contributed by atoms with Crippen molar-refractivity contribution in [1.82, 2.24) is 15.0 Å². The summed E-state index contributed by atoms with van der Waals surface area (Å²) in [4.78, 5) is 4.62. The molecular formula is C14H20N4O2S. The molecule has 0 spiro atoms. The maximum atomic E-state index is 11.7. The first kappa shape index (κ1) is 15.7. The Bertz CT molecular complexity index is 709. The van der Waals surface area contributed by atoms with Crippen molar-refractivity contribution in [2.45, 2.75) is 30.8 Å². The second kappa shape index (κ2) is 6.38. The Morgan fingerprint density at radius 2 is 2.19 bits per heavy atom. The van der Waals surface area contributed by atoms with Gasteiger partial charge in [-0.3, -0.25) is 5.84 Å². The third-order valence-electron chi connectivity index (χ3n) is 3.26. The molecule has 1 atom stereocenters. The van der Waals surface area contributed by atoms with Crippen LogP contribution in [-0.4, -0.2) is 24.2 Å². The molecule has 0 aliphatic rings. The smallest absolute Gasteiger partial charge is 0.175 e. The highest BCUT2D eigenvalue weighted by molar-refractivity contribution is 7.90. The lowest BCUT2D eigenvalue weighted by Crippen LogP contribution is -2.31. The molecule has 0 aliphatic heterocycles. The number of hydrogen-bond donors (Lipinski definition) is 2. The van der Waals surface area contributed by atoms with Crippen molar-refractivity contribution in [2.24, 2.45) is 5.84 Å². The van der Waals surface area contributed by atoms with Gasteiger partial charge >= 0.3 is 0 Å². The van der Waals surface area contributed by atoms with Crippen LogP contribution in [0.15, 0.2) is 41.6 Å². The number of nitrogens with zero attached hydrogens (tertiary/aromatic N) is 2. The Hall–Kier alpha value is -1.70. The highest BCUT2D eigenvalue weighted by Gasteiger charge is 2.19. The molecular weight excluding hydrogens is 288 g/mol. The molecule has 0 radical (unpaired) electrons. The molecule has 1 heterocycles. The van der Waals surface area contributed by atoms with Gasteiger partial charge in [0, 0.05) is 25.2 Å². The first-order valence-corrected chi connectivity index (χ1v) is 8.63. The zero-order valence-electron chi connectivity index (χ0n) is 12.2. The lowest BCUT2D eigenvalue weighted by atomic mass is 10.1. The molecule has 1 aromatic heterocycles. The second-order valence-corrected chi connectivity index (χ2v) is 6.94. The summed E-state index contributed by atoms with van der Waals surface area (Å²) < 4.78 is 25.4. The van der Waals surface area contributed by atoms with Crippen molar-refractivity contribution in [3.05, 3.63) is 48.0 Å². The number of rotatable bonds is 6. The molecule has 2 rings (SSSR count). The summed E-state index contributed by atoms with van der Waals surface area (Å²) in [6.07, 6.45) is 5.78. The van der Waals surface area contributed by atoms with Crippen molar-refractivity contribution < 1.29 is 8.42 Å². The van der Waals surface area contributed by atoms with Crippen LogP contribution in [0.25, 0.3) is 0 Å². The van der Waals surface area contributed by atoms with Gasteiger partial charge in [-0.1, -0.05) is 19.1 Å². The van der Waals surface area contributed by atoms with E-state index < -0.39 is 9.84 Å². The molecule has 114 valence electrons. The fourth-order valence-electron chi connectivity index (χ4n) is 2.26. The lowest BCUT2D eigenvalue weighted by molar-refractivity contribution is 0.544. The molecule has 0 saturated heterocycles. The zero-order valence-corrected chi connectivity index (χ0v) is 13.0. The fraction of sp³-hybridized carbons (Fsp3) is 0.357. The van der Waals surface area contributed by atoms with Gasteiger partial charge in [0.2, 0.25) is 0 Å². The molecule has 21 heavy (non-hydrogen) atoms. The van der Waals surface area contributed by atoms with Gasteiger partial charge < -0.3 is 4.57 Å². The summed E-state index contributed by atoms with van der Waals surface area (Å²) in [5.41, 5.74) is 3.49. The number of aromatic nitrogens is 2. The van der Waals surface area contributed by atoms with Gasteiger partial charge in [-0.25, -0.2) is 18.8 Å². The average molecular weight is 308 g/mol. The van der Waals surface area contributed by atoms with Crippen molar-refractivity contribution in [1.29, 1.82) is 0 Å². The molecule has 2 aromatic rings. The molecule has 1 unspecified atom stereocenters. The Labute approximate surface area is 124 Å². The Morgan fingerprint density at radius 1 is 1.43 bits per heavy atom. The van der Waals surface area contributed by atoms with E-state index in [1.165, 1.54) is 6.26 Å². The first-order chi connectivity index (χ1) is 9.97. The lowest BCUT2D eigenvalue weighted by Gasteiger charge is -2.18. The van der Waals surface area contributed by atoms with Gasteiger partial charge in [0.15, 0.2) is 9.84 Å². The minimum atomic E-state index is -3.25. The predicted molar refractivity (Wildman–Crippen MR) is 81.2 cm³/mol. The van der Waals surface area contributed by atoms with Gasteiger partial charge in [-0.05, 0) is 24.1 Å². The van der Waals surface area contributed by atoms with E-state index >= 15 is 0 Å². The molecule has 7 heteroatoms. The first-order valence-electron chi connectivity index (χ1n) is 6.74. The van der Waals surface area contributed by atoms with E-state index in [1.807, 2.05) is 16.8 Å². The quantitative estimate of drug-likeness (QED) is 0.619. The number of aryl methyl sites for hydroxylation is 1. The monoisotopic (exact) mass is 308 g/mol. The largest absolute Gasteiger partial charge is 0.333 e. The van der Waals surface area contributed by atoms with Crippen molar-refractivity contribution in [3.8, 4) is 0 Å². The van der Waals surface area contributed by atoms with Gasteiger partial charge in [-0.15, -0.1) is 0 Å². The predicted octanol–water partition coefficient (Wildman–Crippen LogP) is 1.25. The molecule has 0 aliphatic carbocycles. The Kier molecular flexibility index (Phi) is 4.76. The highest BCUT2D eigenvalue weighted by atomic mass is 32.2. The van der Waals surface area contributed by atoms with E-state index in [2.05, 4.69) is 17.3 Å². The summed E-state index contributed by atoms with van der Waals surface area (Å²) in [5, 5.41) is 0. The van der Waals surface area contributed by atoms with E-state index in [1.54, 1.807) is 24.4 Å². The summed E-state index contributed by atoms with van der Waals surface area (Å²) >= 11 is 0. The normalized spacial score (nSPS) is 13.3. The van der Waals surface area contributed by atoms with Crippen LogP contribution in [0, 0.1) is 0 Å². The number of hydrogen-bond acceptors (Lipinski definition) is 5. The summed E-state index contributed by atoms with van der Waals surface area (Å²) in [7, 11) is -3.25. The van der Waals surface area contributed by atoms with E-state index in [4.69, 9.17) is 5.84 Å². The fourth-order valence-corrected chi connectivity index (χ4v) is 2.93. The van der Waals surface area contributed by atoms with Crippen LogP contribution in [0.3, 0.4) is 0 Å². The topological polar surface area (TPSA) is 90.0 Å². The van der Waals surface area contributed by atoms with E-state index in [0.717, 1.165) is 24.4 Å². The number of sulfone groups is 1. The van der Waals surface area contributed by atoms with Gasteiger partial charge in [0.05, 0.1) is 4.90 Å². The second-order valence-electron chi connectivity index (χ2n) is 4.92. The number of hydrazine groups is 1. The molecule has 0 fully saturated rings. The minimum absolute atomic E-state index is 0.272. The number of benzene rings is 1. The molecule has 1 aromatic carbocycles. The van der Waals surface area contributed by atoms with Crippen LogP contribution >= 0.6 is 0 Å². The zero-order chi connectivity index (χ0) is 15.5. The van der Waals surface area contributed by atoms with Gasteiger partial charge in [0.1, 0.15) is 11.9 Å². The van der Waals surface area contributed by atoms with Crippen LogP contribution in [0.2, 0.25) is 0 Å². The SMILES string of the molecule is CCCn1ccnc1C(NN)c1cccc(S(C)(=O)=O)c1. The molecule has 6 nitrogen and oxygen atoms in total. The van der Waals surface area contributed by atoms with Gasteiger partial charge in [-0.2, -0.15) is 0 Å². The summed E-state index contributed by atoms with van der Waals surface area (Å²) in [6.45, 7) is 2.91. The van der Waals surface area contributed by atoms with Crippen molar-refractivity contribution in [3.63, 3.8) is 0 Å². The van der Waals surface area contributed by atoms with Crippen molar-refractivity contribution in [2.75, 3.05) is 6.26 Å². The van der Waals surface area contributed by atoms with E-state index in [0.29, 0.717) is 0 Å². The van der Waals surface area contributed by atoms with E-state index in [9.17, 15) is 8.42 Å². The van der Waals surface area contributed by atoms with Gasteiger partial charge in [0.25, 0.3) is 0 Å². The highest BCUT2D eigenvalue weighted by Crippen LogP contribution is 2.22. The Balaban J connectivity index is 2.44. The molecule has 0 bridgehead atoms. The summed E-state index contributed by atoms with van der Waals surface area (Å²) in [5.74, 6) is 6.44. The number of imidazole rings is 1. The number of nitrogens with one attached hydrogen (secondary N) is 1.